The van der Waals surface area contributed by atoms with Crippen LogP contribution in [0.15, 0.2) is 23.1 Å². The number of rotatable bonds is 6. The van der Waals surface area contributed by atoms with E-state index >= 15 is 0 Å². The van der Waals surface area contributed by atoms with E-state index in [1.165, 1.54) is 18.6 Å². The molecule has 2 aliphatic rings. The molecule has 0 radical (unpaired) electrons. The van der Waals surface area contributed by atoms with Gasteiger partial charge in [0, 0.05) is 12.1 Å². The molecule has 1 aliphatic heterocycles. The van der Waals surface area contributed by atoms with Gasteiger partial charge in [-0.2, -0.15) is 4.72 Å². The van der Waals surface area contributed by atoms with E-state index in [0.717, 1.165) is 25.7 Å². The second kappa shape index (κ2) is 8.48. The number of nitrogens with one attached hydrogen (secondary N) is 2. The van der Waals surface area contributed by atoms with E-state index in [2.05, 4.69) is 10.0 Å². The van der Waals surface area contributed by atoms with Gasteiger partial charge in [-0.25, -0.2) is 8.42 Å². The molecule has 1 amide bonds. The highest BCUT2D eigenvalue weighted by Gasteiger charge is 2.30. The van der Waals surface area contributed by atoms with E-state index in [0.29, 0.717) is 24.7 Å². The average molecular weight is 397 g/mol. The van der Waals surface area contributed by atoms with Gasteiger partial charge in [0.05, 0.1) is 4.90 Å². The lowest BCUT2D eigenvalue weighted by molar-refractivity contribution is -0.124. The zero-order chi connectivity index (χ0) is 19.4. The molecule has 1 unspecified atom stereocenters. The summed E-state index contributed by atoms with van der Waals surface area (Å²) in [7, 11) is -3.87. The monoisotopic (exact) mass is 396 g/mol. The van der Waals surface area contributed by atoms with Crippen LogP contribution in [0.2, 0.25) is 0 Å². The van der Waals surface area contributed by atoms with Crippen LogP contribution >= 0.6 is 0 Å². The molecule has 0 bridgehead atoms. The summed E-state index contributed by atoms with van der Waals surface area (Å²) in [6.45, 7) is 4.48. The van der Waals surface area contributed by atoms with Crippen molar-refractivity contribution in [3.8, 4) is 11.5 Å². The Morgan fingerprint density at radius 2 is 1.74 bits per heavy atom. The maximum absolute atomic E-state index is 12.8. The third-order valence-electron chi connectivity index (χ3n) is 5.01. The topological polar surface area (TPSA) is 93.7 Å². The average Bonchev–Trinajstić information content (AvgIpc) is 2.66. The maximum atomic E-state index is 12.8. The predicted molar refractivity (Wildman–Crippen MR) is 101 cm³/mol. The summed E-state index contributed by atoms with van der Waals surface area (Å²) >= 11 is 0. The Hall–Kier alpha value is -1.80. The Labute approximate surface area is 160 Å². The zero-order valence-electron chi connectivity index (χ0n) is 15.9. The Balaban J connectivity index is 1.73. The molecule has 7 nitrogen and oxygen atoms in total. The fourth-order valence-electron chi connectivity index (χ4n) is 3.46. The van der Waals surface area contributed by atoms with Crippen LogP contribution < -0.4 is 19.5 Å². The molecule has 1 aromatic rings. The summed E-state index contributed by atoms with van der Waals surface area (Å²) in [4.78, 5) is 12.8. The molecule has 1 aliphatic carbocycles. The summed E-state index contributed by atoms with van der Waals surface area (Å²) in [5.41, 5.74) is 0. The lowest BCUT2D eigenvalue weighted by Gasteiger charge is -2.27. The number of fused-ring (bicyclic) bond motifs is 1. The number of sulfonamides is 1. The van der Waals surface area contributed by atoms with Crippen molar-refractivity contribution >= 4 is 15.9 Å². The normalized spacial score (nSPS) is 18.9. The zero-order valence-corrected chi connectivity index (χ0v) is 16.7. The number of hydrogen-bond acceptors (Lipinski definition) is 5. The molecular weight excluding hydrogens is 368 g/mol. The van der Waals surface area contributed by atoms with Crippen molar-refractivity contribution in [1.82, 2.24) is 10.0 Å². The van der Waals surface area contributed by atoms with Gasteiger partial charge in [-0.1, -0.05) is 33.1 Å². The van der Waals surface area contributed by atoms with E-state index in [1.54, 1.807) is 6.07 Å². The van der Waals surface area contributed by atoms with Crippen molar-refractivity contribution in [2.45, 2.75) is 62.9 Å². The van der Waals surface area contributed by atoms with Crippen molar-refractivity contribution in [1.29, 1.82) is 0 Å². The largest absolute Gasteiger partial charge is 0.486 e. The van der Waals surface area contributed by atoms with Gasteiger partial charge in [0.15, 0.2) is 11.5 Å². The molecule has 1 fully saturated rings. The highest BCUT2D eigenvalue weighted by Crippen LogP contribution is 2.32. The first-order valence-electron chi connectivity index (χ1n) is 9.59. The molecule has 1 aromatic carbocycles. The molecule has 8 heteroatoms. The van der Waals surface area contributed by atoms with Crippen LogP contribution in [-0.2, 0) is 14.8 Å². The third kappa shape index (κ3) is 4.93. The van der Waals surface area contributed by atoms with E-state index in [4.69, 9.17) is 9.47 Å². The van der Waals surface area contributed by atoms with Crippen molar-refractivity contribution in [2.24, 2.45) is 5.92 Å². The van der Waals surface area contributed by atoms with Crippen molar-refractivity contribution in [3.05, 3.63) is 18.2 Å². The molecule has 150 valence electrons. The van der Waals surface area contributed by atoms with Crippen LogP contribution in [0.25, 0.3) is 0 Å². The minimum atomic E-state index is -3.87. The lowest BCUT2D eigenvalue weighted by Crippen LogP contribution is -2.52. The highest BCUT2D eigenvalue weighted by atomic mass is 32.2. The number of carbonyl (C=O) groups is 1. The van der Waals surface area contributed by atoms with Crippen LogP contribution in [0.5, 0.6) is 11.5 Å². The Morgan fingerprint density at radius 1 is 1.07 bits per heavy atom. The summed E-state index contributed by atoms with van der Waals surface area (Å²) in [5.74, 6) is 0.478. The van der Waals surface area contributed by atoms with Crippen LogP contribution in [0, 0.1) is 5.92 Å². The van der Waals surface area contributed by atoms with E-state index < -0.39 is 16.1 Å². The minimum Gasteiger partial charge on any atom is -0.486 e. The molecule has 1 saturated carbocycles. The van der Waals surface area contributed by atoms with Gasteiger partial charge in [0.25, 0.3) is 0 Å². The molecule has 1 heterocycles. The number of hydrogen-bond donors (Lipinski definition) is 2. The lowest BCUT2D eigenvalue weighted by atomic mass is 9.94. The van der Waals surface area contributed by atoms with Crippen LogP contribution in [-0.4, -0.2) is 39.6 Å². The number of carbonyl (C=O) groups excluding carboxylic acids is 1. The molecular formula is C19H28N2O5S. The fourth-order valence-corrected chi connectivity index (χ4v) is 4.82. The summed E-state index contributed by atoms with van der Waals surface area (Å²) in [6, 6.07) is 3.78. The van der Waals surface area contributed by atoms with Crippen LogP contribution in [0.1, 0.15) is 46.0 Å². The number of benzene rings is 1. The highest BCUT2D eigenvalue weighted by molar-refractivity contribution is 7.89. The predicted octanol–water partition coefficient (Wildman–Crippen LogP) is 2.21. The minimum absolute atomic E-state index is 0.0582. The van der Waals surface area contributed by atoms with E-state index in [-0.39, 0.29) is 22.8 Å². The molecule has 3 rings (SSSR count). The Bertz CT molecular complexity index is 772. The third-order valence-corrected chi connectivity index (χ3v) is 6.45. The summed E-state index contributed by atoms with van der Waals surface area (Å²) in [6.07, 6.45) is 5.29. The number of amides is 1. The van der Waals surface area contributed by atoms with Crippen LogP contribution in [0.4, 0.5) is 0 Å². The first-order valence-corrected chi connectivity index (χ1v) is 11.1. The summed E-state index contributed by atoms with van der Waals surface area (Å²) in [5, 5.41) is 3.01. The summed E-state index contributed by atoms with van der Waals surface area (Å²) < 4.78 is 39.1. The standard InChI is InChI=1S/C19H28N2O5S/c1-13(2)18(19(22)20-14-6-4-3-5-7-14)21-27(23,24)15-8-9-16-17(12-15)26-11-10-25-16/h8-9,12-14,18,21H,3-7,10-11H2,1-2H3,(H,20,22). The van der Waals surface area contributed by atoms with Gasteiger partial charge >= 0.3 is 0 Å². The molecule has 0 saturated heterocycles. The fraction of sp³-hybridized carbons (Fsp3) is 0.632. The first-order chi connectivity index (χ1) is 12.9. The molecule has 1 atom stereocenters. The maximum Gasteiger partial charge on any atom is 0.241 e. The smallest absolute Gasteiger partial charge is 0.241 e. The van der Waals surface area contributed by atoms with Crippen LogP contribution in [0.3, 0.4) is 0 Å². The molecule has 27 heavy (non-hydrogen) atoms. The van der Waals surface area contributed by atoms with Crippen molar-refractivity contribution < 1.29 is 22.7 Å². The van der Waals surface area contributed by atoms with Crippen molar-refractivity contribution in [2.75, 3.05) is 13.2 Å². The SMILES string of the molecule is CC(C)C(NS(=O)(=O)c1ccc2c(c1)OCCO2)C(=O)NC1CCCCC1. The molecule has 0 spiro atoms. The Morgan fingerprint density at radius 3 is 2.41 bits per heavy atom. The second-order valence-electron chi connectivity index (χ2n) is 7.49. The molecule has 0 aromatic heterocycles. The van der Waals surface area contributed by atoms with Gasteiger partial charge in [-0.15, -0.1) is 0 Å². The van der Waals surface area contributed by atoms with Crippen molar-refractivity contribution in [3.63, 3.8) is 0 Å². The van der Waals surface area contributed by atoms with Gasteiger partial charge in [0.2, 0.25) is 15.9 Å². The van der Waals surface area contributed by atoms with Gasteiger partial charge in [-0.3, -0.25) is 4.79 Å². The van der Waals surface area contributed by atoms with Gasteiger partial charge in [0.1, 0.15) is 19.3 Å². The Kier molecular flexibility index (Phi) is 6.26. The quantitative estimate of drug-likeness (QED) is 0.769. The molecule has 2 N–H and O–H groups in total. The first kappa shape index (κ1) is 19.9. The van der Waals surface area contributed by atoms with Gasteiger partial charge < -0.3 is 14.8 Å². The number of ether oxygens (including phenoxy) is 2. The van der Waals surface area contributed by atoms with E-state index in [1.807, 2.05) is 13.8 Å². The van der Waals surface area contributed by atoms with Gasteiger partial charge in [-0.05, 0) is 30.9 Å². The van der Waals surface area contributed by atoms with E-state index in [9.17, 15) is 13.2 Å². The second-order valence-corrected chi connectivity index (χ2v) is 9.21.